The third-order valence-electron chi connectivity index (χ3n) is 3.26. The fourth-order valence-corrected chi connectivity index (χ4v) is 2.79. The molecule has 0 aliphatic rings. The van der Waals surface area contributed by atoms with Crippen LogP contribution in [0.4, 0.5) is 11.4 Å². The molecule has 3 rings (SSSR count). The largest absolute Gasteiger partial charge is 0.507 e. The monoisotopic (exact) mass is 406 g/mol. The second-order valence-electron chi connectivity index (χ2n) is 5.20. The molecule has 1 heterocycles. The van der Waals surface area contributed by atoms with E-state index in [0.29, 0.717) is 37.6 Å². The van der Waals surface area contributed by atoms with E-state index in [4.69, 9.17) is 35.4 Å². The van der Waals surface area contributed by atoms with Gasteiger partial charge < -0.3 is 5.11 Å². The number of aryl methyl sites for hydroxylation is 1. The second kappa shape index (κ2) is 7.77. The van der Waals surface area contributed by atoms with Crippen LogP contribution in [0.5, 0.6) is 5.75 Å². The normalized spacial score (nSPS) is 11.7. The van der Waals surface area contributed by atoms with E-state index in [-0.39, 0.29) is 5.75 Å². The minimum Gasteiger partial charge on any atom is -0.507 e. The molecule has 1 aromatic heterocycles. The van der Waals surface area contributed by atoms with Gasteiger partial charge >= 0.3 is 0 Å². The van der Waals surface area contributed by atoms with Crippen LogP contribution >= 0.6 is 35.4 Å². The van der Waals surface area contributed by atoms with Gasteiger partial charge in [-0.25, -0.2) is 0 Å². The van der Waals surface area contributed by atoms with Crippen molar-refractivity contribution in [2.45, 2.75) is 6.92 Å². The smallest absolute Gasteiger partial charge is 0.216 e. The molecular weight excluding hydrogens is 395 g/mol. The third kappa shape index (κ3) is 4.34. The van der Waals surface area contributed by atoms with E-state index in [9.17, 15) is 5.11 Å². The second-order valence-corrected chi connectivity index (χ2v) is 6.46. The van der Waals surface area contributed by atoms with Crippen LogP contribution in [-0.4, -0.2) is 26.2 Å². The van der Waals surface area contributed by atoms with Crippen LogP contribution in [0.25, 0.3) is 0 Å². The van der Waals surface area contributed by atoms with Gasteiger partial charge in [0, 0.05) is 15.6 Å². The number of hydrogen-bond acceptors (Lipinski definition) is 6. The molecule has 0 aliphatic heterocycles. The first-order chi connectivity index (χ1) is 12.4. The van der Waals surface area contributed by atoms with E-state index in [2.05, 4.69) is 25.5 Å². The lowest BCUT2D eigenvalue weighted by Gasteiger charge is -2.01. The SMILES string of the molecule is Cc1n[nH]c(=S)n1/N=C/c1cc(N=Nc2cc(Cl)cc(Cl)c2)ccc1O. The number of rotatable bonds is 4. The van der Waals surface area contributed by atoms with Crippen molar-refractivity contribution < 1.29 is 5.11 Å². The summed E-state index contributed by atoms with van der Waals surface area (Å²) in [5, 5.41) is 30.0. The van der Waals surface area contributed by atoms with E-state index >= 15 is 0 Å². The van der Waals surface area contributed by atoms with Crippen LogP contribution in [0.3, 0.4) is 0 Å². The first-order valence-corrected chi connectivity index (χ1v) is 8.48. The maximum Gasteiger partial charge on any atom is 0.216 e. The van der Waals surface area contributed by atoms with Crippen molar-refractivity contribution in [3.05, 3.63) is 62.6 Å². The average Bonchev–Trinajstić information content (AvgIpc) is 2.90. The molecule has 0 fully saturated rings. The molecule has 26 heavy (non-hydrogen) atoms. The zero-order valence-electron chi connectivity index (χ0n) is 13.4. The number of benzene rings is 2. The van der Waals surface area contributed by atoms with E-state index in [0.717, 1.165) is 0 Å². The maximum absolute atomic E-state index is 10.0. The third-order valence-corrected chi connectivity index (χ3v) is 3.96. The quantitative estimate of drug-likeness (QED) is 0.337. The van der Waals surface area contributed by atoms with Crippen molar-refractivity contribution in [3.63, 3.8) is 0 Å². The Balaban J connectivity index is 1.88. The molecular formula is C16H12Cl2N6OS. The Morgan fingerprint density at radius 2 is 1.81 bits per heavy atom. The van der Waals surface area contributed by atoms with Gasteiger partial charge in [0.05, 0.1) is 17.6 Å². The highest BCUT2D eigenvalue weighted by Gasteiger charge is 2.03. The van der Waals surface area contributed by atoms with Gasteiger partial charge in [-0.3, -0.25) is 5.10 Å². The number of hydrogen-bond donors (Lipinski definition) is 2. The van der Waals surface area contributed by atoms with Gasteiger partial charge in [-0.15, -0.1) is 0 Å². The summed E-state index contributed by atoms with van der Waals surface area (Å²) in [6.45, 7) is 1.75. The van der Waals surface area contributed by atoms with Crippen LogP contribution in [0.15, 0.2) is 51.7 Å². The number of phenols is 1. The summed E-state index contributed by atoms with van der Waals surface area (Å²) in [7, 11) is 0. The lowest BCUT2D eigenvalue weighted by atomic mass is 10.2. The van der Waals surface area contributed by atoms with E-state index in [1.165, 1.54) is 17.0 Å². The van der Waals surface area contributed by atoms with Crippen LogP contribution in [0.2, 0.25) is 10.0 Å². The summed E-state index contributed by atoms with van der Waals surface area (Å²) in [4.78, 5) is 0. The number of nitrogens with one attached hydrogen (secondary N) is 1. The van der Waals surface area contributed by atoms with Crippen LogP contribution in [0, 0.1) is 11.7 Å². The minimum absolute atomic E-state index is 0.0474. The maximum atomic E-state index is 10.0. The molecule has 0 amide bonds. The summed E-state index contributed by atoms with van der Waals surface area (Å²) >= 11 is 17.0. The van der Waals surface area contributed by atoms with Gasteiger partial charge in [0.1, 0.15) is 11.6 Å². The van der Waals surface area contributed by atoms with Gasteiger partial charge in [0.2, 0.25) is 4.77 Å². The zero-order chi connectivity index (χ0) is 18.7. The molecule has 132 valence electrons. The van der Waals surface area contributed by atoms with E-state index < -0.39 is 0 Å². The van der Waals surface area contributed by atoms with Gasteiger partial charge in [-0.2, -0.15) is 25.1 Å². The molecule has 0 radical (unpaired) electrons. The van der Waals surface area contributed by atoms with Crippen molar-refractivity contribution in [2.75, 3.05) is 0 Å². The lowest BCUT2D eigenvalue weighted by molar-refractivity contribution is 0.474. The Morgan fingerprint density at radius 1 is 1.12 bits per heavy atom. The number of phenolic OH excluding ortho intramolecular Hbond substituents is 1. The molecule has 0 bridgehead atoms. The van der Waals surface area contributed by atoms with Crippen molar-refractivity contribution >= 4 is 53.0 Å². The summed E-state index contributed by atoms with van der Waals surface area (Å²) in [6.07, 6.45) is 1.46. The number of aromatic amines is 1. The molecule has 10 heteroatoms. The molecule has 2 N–H and O–H groups in total. The molecule has 2 aromatic carbocycles. The van der Waals surface area contributed by atoms with Gasteiger partial charge in [-0.1, -0.05) is 23.2 Å². The summed E-state index contributed by atoms with van der Waals surface area (Å²) in [5.74, 6) is 0.644. The lowest BCUT2D eigenvalue weighted by Crippen LogP contribution is -1.94. The Morgan fingerprint density at radius 3 is 2.46 bits per heavy atom. The standard InChI is InChI=1S/C16H12Cl2N6OS/c1-9-20-23-16(26)24(9)19-8-10-4-13(2-3-15(10)25)21-22-14-6-11(17)5-12(18)7-14/h2-8,25H,1H3,(H,23,26)/b19-8+,22-21?. The molecule has 0 atom stereocenters. The van der Waals surface area contributed by atoms with Crippen LogP contribution < -0.4 is 0 Å². The average molecular weight is 407 g/mol. The van der Waals surface area contributed by atoms with Crippen molar-refractivity contribution in [2.24, 2.45) is 15.3 Å². The van der Waals surface area contributed by atoms with E-state index in [1.807, 2.05) is 0 Å². The number of azo groups is 1. The Bertz CT molecular complexity index is 1050. The summed E-state index contributed by atoms with van der Waals surface area (Å²) in [6, 6.07) is 9.65. The van der Waals surface area contributed by atoms with Crippen LogP contribution in [0.1, 0.15) is 11.4 Å². The molecule has 0 aliphatic carbocycles. The Kier molecular flexibility index (Phi) is 5.46. The minimum atomic E-state index is 0.0474. The number of aromatic hydroxyl groups is 1. The molecule has 0 unspecified atom stereocenters. The number of halogens is 2. The molecule has 0 spiro atoms. The fraction of sp³-hybridized carbons (Fsp3) is 0.0625. The molecule has 0 saturated heterocycles. The van der Waals surface area contributed by atoms with Crippen molar-refractivity contribution in [1.82, 2.24) is 14.9 Å². The summed E-state index contributed by atoms with van der Waals surface area (Å²) in [5.41, 5.74) is 1.49. The topological polar surface area (TPSA) is 90.9 Å². The number of aromatic nitrogens is 3. The van der Waals surface area contributed by atoms with Crippen molar-refractivity contribution in [1.29, 1.82) is 0 Å². The van der Waals surface area contributed by atoms with Gasteiger partial charge in [0.15, 0.2) is 0 Å². The predicted octanol–water partition coefficient (Wildman–Crippen LogP) is 5.56. The van der Waals surface area contributed by atoms with Crippen LogP contribution in [-0.2, 0) is 0 Å². The Labute approximate surface area is 163 Å². The van der Waals surface area contributed by atoms with Gasteiger partial charge in [-0.05, 0) is 55.5 Å². The Hall–Kier alpha value is -2.55. The zero-order valence-corrected chi connectivity index (χ0v) is 15.7. The first-order valence-electron chi connectivity index (χ1n) is 7.31. The number of nitrogens with zero attached hydrogens (tertiary/aromatic N) is 5. The highest BCUT2D eigenvalue weighted by atomic mass is 35.5. The van der Waals surface area contributed by atoms with Gasteiger partial charge in [0.25, 0.3) is 0 Å². The summed E-state index contributed by atoms with van der Waals surface area (Å²) < 4.78 is 1.80. The van der Waals surface area contributed by atoms with E-state index in [1.54, 1.807) is 37.3 Å². The highest BCUT2D eigenvalue weighted by molar-refractivity contribution is 7.71. The highest BCUT2D eigenvalue weighted by Crippen LogP contribution is 2.27. The molecule has 3 aromatic rings. The number of H-pyrrole nitrogens is 1. The fourth-order valence-electron chi connectivity index (χ4n) is 2.05. The molecule has 0 saturated carbocycles. The first kappa shape index (κ1) is 18.2. The van der Waals surface area contributed by atoms with Crippen molar-refractivity contribution in [3.8, 4) is 5.75 Å². The molecule has 7 nitrogen and oxygen atoms in total. The predicted molar refractivity (Wildman–Crippen MR) is 104 cm³/mol.